The number of amides is 1. The van der Waals surface area contributed by atoms with Crippen molar-refractivity contribution in [3.63, 3.8) is 0 Å². The third-order valence-corrected chi connectivity index (χ3v) is 4.57. The van der Waals surface area contributed by atoms with Gasteiger partial charge in [-0.05, 0) is 43.4 Å². The van der Waals surface area contributed by atoms with E-state index in [-0.39, 0.29) is 18.3 Å². The smallest absolute Gasteiger partial charge is 0.278 e. The molecule has 2 aromatic heterocycles. The fourth-order valence-electron chi connectivity index (χ4n) is 3.34. The largest absolute Gasteiger partial charge is 0.288 e. The van der Waals surface area contributed by atoms with Gasteiger partial charge in [0.1, 0.15) is 17.5 Å². The lowest BCUT2D eigenvalue weighted by Gasteiger charge is -2.01. The second-order valence-corrected chi connectivity index (χ2v) is 6.60. The normalized spacial score (nSPS) is 13.9. The van der Waals surface area contributed by atoms with Crippen molar-refractivity contribution >= 4 is 11.9 Å². The molecule has 1 aliphatic carbocycles. The Morgan fingerprint density at radius 3 is 2.63 bits per heavy atom. The molecule has 1 aliphatic rings. The minimum Gasteiger partial charge on any atom is -0.288 e. The maximum Gasteiger partial charge on any atom is 0.278 e. The number of aromatic amines is 2. The second-order valence-electron chi connectivity index (χ2n) is 6.60. The molecule has 2 heterocycles. The molecule has 3 N–H and O–H groups in total. The number of aromatic nitrogens is 5. The van der Waals surface area contributed by atoms with E-state index in [1.165, 1.54) is 12.1 Å². The molecule has 27 heavy (non-hydrogen) atoms. The molecule has 7 nitrogen and oxygen atoms in total. The third kappa shape index (κ3) is 3.86. The third-order valence-electron chi connectivity index (χ3n) is 4.57. The summed E-state index contributed by atoms with van der Waals surface area (Å²) in [5.41, 5.74) is 2.75. The molecule has 0 unspecified atom stereocenters. The highest BCUT2D eigenvalue weighted by Crippen LogP contribution is 2.22. The number of carbonyl (C=O) groups is 1. The van der Waals surface area contributed by atoms with Crippen LogP contribution in [0.4, 0.5) is 14.7 Å². The molecule has 0 saturated carbocycles. The summed E-state index contributed by atoms with van der Waals surface area (Å²) in [7, 11) is 0. The van der Waals surface area contributed by atoms with Crippen molar-refractivity contribution < 1.29 is 13.6 Å². The van der Waals surface area contributed by atoms with E-state index >= 15 is 0 Å². The molecule has 9 heteroatoms. The number of carbonyl (C=O) groups excluding carboxylic acids is 1. The highest BCUT2D eigenvalue weighted by Gasteiger charge is 2.21. The lowest BCUT2D eigenvalue weighted by Crippen LogP contribution is -2.15. The van der Waals surface area contributed by atoms with Crippen LogP contribution in [0.1, 0.15) is 52.4 Å². The monoisotopic (exact) mass is 372 g/mol. The Labute approximate surface area is 153 Å². The van der Waals surface area contributed by atoms with Gasteiger partial charge in [-0.15, -0.1) is 5.10 Å². The summed E-state index contributed by atoms with van der Waals surface area (Å²) in [6.07, 6.45) is 5.12. The molecule has 1 aromatic carbocycles. The molecule has 0 bridgehead atoms. The van der Waals surface area contributed by atoms with Crippen LogP contribution in [0.25, 0.3) is 0 Å². The van der Waals surface area contributed by atoms with Gasteiger partial charge in [-0.25, -0.2) is 8.78 Å². The van der Waals surface area contributed by atoms with Crippen molar-refractivity contribution in [2.75, 3.05) is 5.32 Å². The number of anilines is 1. The molecule has 4 rings (SSSR count). The standard InChI is InChI=1S/C18H18F2N6O/c19-11-6-10(7-12(20)9-11)8-15-21-18(26-24-15)22-17(27)16-13-4-2-1-3-5-14(13)23-25-16/h6-7,9H,1-5,8H2,(H,23,25)(H2,21,22,24,26,27). The van der Waals surface area contributed by atoms with Crippen molar-refractivity contribution in [1.29, 1.82) is 0 Å². The van der Waals surface area contributed by atoms with E-state index in [4.69, 9.17) is 0 Å². The summed E-state index contributed by atoms with van der Waals surface area (Å²) in [5.74, 6) is -1.21. The molecule has 0 fully saturated rings. The number of rotatable bonds is 4. The summed E-state index contributed by atoms with van der Waals surface area (Å²) in [6, 6.07) is 3.26. The Morgan fingerprint density at radius 1 is 1.04 bits per heavy atom. The number of nitrogens with zero attached hydrogens (tertiary/aromatic N) is 3. The maximum absolute atomic E-state index is 13.3. The molecule has 3 aromatic rings. The van der Waals surface area contributed by atoms with Gasteiger partial charge in [0.15, 0.2) is 5.69 Å². The van der Waals surface area contributed by atoms with E-state index in [9.17, 15) is 13.6 Å². The summed E-state index contributed by atoms with van der Waals surface area (Å²) >= 11 is 0. The lowest BCUT2D eigenvalue weighted by atomic mass is 10.1. The summed E-state index contributed by atoms with van der Waals surface area (Å²) in [5, 5.41) is 16.3. The van der Waals surface area contributed by atoms with Gasteiger partial charge < -0.3 is 0 Å². The first-order valence-corrected chi connectivity index (χ1v) is 8.82. The van der Waals surface area contributed by atoms with Gasteiger partial charge in [-0.1, -0.05) is 6.42 Å². The van der Waals surface area contributed by atoms with E-state index in [1.54, 1.807) is 0 Å². The van der Waals surface area contributed by atoms with Gasteiger partial charge in [0.25, 0.3) is 5.91 Å². The first kappa shape index (κ1) is 17.3. The number of fused-ring (bicyclic) bond motifs is 1. The minimum absolute atomic E-state index is 0.0947. The highest BCUT2D eigenvalue weighted by atomic mass is 19.1. The van der Waals surface area contributed by atoms with Gasteiger partial charge in [0.05, 0.1) is 0 Å². The van der Waals surface area contributed by atoms with E-state index in [0.717, 1.165) is 49.4 Å². The number of hydrogen-bond donors (Lipinski definition) is 3. The first-order valence-electron chi connectivity index (χ1n) is 8.82. The molecular formula is C18H18F2N6O. The van der Waals surface area contributed by atoms with Crippen molar-refractivity contribution in [2.24, 2.45) is 0 Å². The average molecular weight is 372 g/mol. The molecule has 0 radical (unpaired) electrons. The number of nitrogens with one attached hydrogen (secondary N) is 3. The van der Waals surface area contributed by atoms with Crippen molar-refractivity contribution in [1.82, 2.24) is 25.4 Å². The van der Waals surface area contributed by atoms with E-state index in [0.29, 0.717) is 17.1 Å². The second kappa shape index (κ2) is 7.26. The molecule has 0 atom stereocenters. The van der Waals surface area contributed by atoms with Crippen LogP contribution in [0, 0.1) is 11.6 Å². The Hall–Kier alpha value is -3.10. The van der Waals surface area contributed by atoms with Crippen LogP contribution >= 0.6 is 0 Å². The Balaban J connectivity index is 1.46. The minimum atomic E-state index is -0.655. The number of hydrogen-bond acceptors (Lipinski definition) is 4. The van der Waals surface area contributed by atoms with Crippen LogP contribution in [-0.4, -0.2) is 31.3 Å². The number of H-pyrrole nitrogens is 2. The fraction of sp³-hybridized carbons (Fsp3) is 0.333. The lowest BCUT2D eigenvalue weighted by molar-refractivity contribution is 0.102. The van der Waals surface area contributed by atoms with Crippen LogP contribution in [0.2, 0.25) is 0 Å². The van der Waals surface area contributed by atoms with Gasteiger partial charge >= 0.3 is 0 Å². The van der Waals surface area contributed by atoms with Gasteiger partial charge in [-0.2, -0.15) is 10.1 Å². The highest BCUT2D eigenvalue weighted by molar-refractivity contribution is 6.03. The van der Waals surface area contributed by atoms with Gasteiger partial charge in [0.2, 0.25) is 5.95 Å². The topological polar surface area (TPSA) is 99.3 Å². The zero-order valence-corrected chi connectivity index (χ0v) is 14.5. The Morgan fingerprint density at radius 2 is 1.81 bits per heavy atom. The zero-order valence-electron chi connectivity index (χ0n) is 14.5. The summed E-state index contributed by atoms with van der Waals surface area (Å²) < 4.78 is 26.6. The summed E-state index contributed by atoms with van der Waals surface area (Å²) in [4.78, 5) is 16.7. The average Bonchev–Trinajstić information content (AvgIpc) is 3.14. The number of benzene rings is 1. The summed E-state index contributed by atoms with van der Waals surface area (Å²) in [6.45, 7) is 0. The van der Waals surface area contributed by atoms with E-state index < -0.39 is 11.6 Å². The maximum atomic E-state index is 13.3. The molecule has 0 spiro atoms. The molecule has 0 saturated heterocycles. The quantitative estimate of drug-likeness (QED) is 0.613. The van der Waals surface area contributed by atoms with Crippen LogP contribution in [0.5, 0.6) is 0 Å². The van der Waals surface area contributed by atoms with E-state index in [1.807, 2.05) is 0 Å². The van der Waals surface area contributed by atoms with Crippen LogP contribution in [-0.2, 0) is 19.3 Å². The zero-order chi connectivity index (χ0) is 18.8. The van der Waals surface area contributed by atoms with Gasteiger partial charge in [-0.3, -0.25) is 20.3 Å². The Bertz CT molecular complexity index is 960. The predicted molar refractivity (Wildman–Crippen MR) is 93.3 cm³/mol. The molecular weight excluding hydrogens is 354 g/mol. The van der Waals surface area contributed by atoms with Crippen LogP contribution in [0.3, 0.4) is 0 Å². The van der Waals surface area contributed by atoms with Crippen molar-refractivity contribution in [3.05, 3.63) is 58.2 Å². The van der Waals surface area contributed by atoms with Crippen LogP contribution in [0.15, 0.2) is 18.2 Å². The van der Waals surface area contributed by atoms with Crippen molar-refractivity contribution in [3.8, 4) is 0 Å². The number of halogens is 2. The predicted octanol–water partition coefficient (Wildman–Crippen LogP) is 2.92. The SMILES string of the molecule is O=C(Nc1n[nH]c(Cc2cc(F)cc(F)c2)n1)c1n[nH]c2c1CCCCC2. The first-order chi connectivity index (χ1) is 13.1. The fourth-order valence-corrected chi connectivity index (χ4v) is 3.34. The van der Waals surface area contributed by atoms with E-state index in [2.05, 4.69) is 30.7 Å². The molecule has 1 amide bonds. The Kier molecular flexibility index (Phi) is 4.66. The van der Waals surface area contributed by atoms with Crippen molar-refractivity contribution in [2.45, 2.75) is 38.5 Å². The molecule has 140 valence electrons. The number of aryl methyl sites for hydroxylation is 1. The molecule has 0 aliphatic heterocycles. The van der Waals surface area contributed by atoms with Gasteiger partial charge in [0, 0.05) is 23.7 Å². The van der Waals surface area contributed by atoms with Crippen LogP contribution < -0.4 is 5.32 Å².